The van der Waals surface area contributed by atoms with E-state index >= 15 is 0 Å². The van der Waals surface area contributed by atoms with E-state index in [0.29, 0.717) is 6.42 Å². The Kier molecular flexibility index (Phi) is 4.82. The molecule has 3 heteroatoms. The third-order valence-electron chi connectivity index (χ3n) is 0.698. The number of rotatable bonds is 3. The Hall–Kier alpha value is 0.400. The fourth-order valence-corrected chi connectivity index (χ4v) is 0.567. The van der Waals surface area contributed by atoms with Crippen molar-refractivity contribution in [2.75, 3.05) is 11.9 Å². The summed E-state index contributed by atoms with van der Waals surface area (Å²) in [6.07, 6.45) is 0.686. The van der Waals surface area contributed by atoms with Gasteiger partial charge in [-0.05, 0) is 6.42 Å². The third-order valence-corrected chi connectivity index (χ3v) is 1.53. The molecular weight excluding hydrogens is 158 g/mol. The number of hydrogen-bond donors (Lipinski definition) is 2. The summed E-state index contributed by atoms with van der Waals surface area (Å²) in [6.45, 7) is 0.187. The van der Waals surface area contributed by atoms with Crippen LogP contribution < -0.4 is 5.73 Å². The molecule has 0 aromatic heterocycles. The van der Waals surface area contributed by atoms with Crippen LogP contribution in [0.25, 0.3) is 0 Å². The average Bonchev–Trinajstić information content (AvgIpc) is 1.68. The van der Waals surface area contributed by atoms with Crippen molar-refractivity contribution < 1.29 is 5.11 Å². The van der Waals surface area contributed by atoms with E-state index in [1.54, 1.807) is 0 Å². The number of aliphatic hydroxyl groups excluding tert-OH is 1. The molecule has 0 aliphatic heterocycles. The van der Waals surface area contributed by atoms with Gasteiger partial charge in [0.1, 0.15) is 0 Å². The van der Waals surface area contributed by atoms with Gasteiger partial charge in [-0.25, -0.2) is 0 Å². The predicted octanol–water partition coefficient (Wildman–Crippen LogP) is 0.0910. The Morgan fingerprint density at radius 3 is 2.43 bits per heavy atom. The van der Waals surface area contributed by atoms with Gasteiger partial charge in [0.15, 0.2) is 0 Å². The largest absolute Gasteiger partial charge is 0.396 e. The highest BCUT2D eigenvalue weighted by Crippen LogP contribution is 1.90. The van der Waals surface area contributed by atoms with Gasteiger partial charge >= 0.3 is 0 Å². The molecule has 0 saturated carbocycles. The fraction of sp³-hybridized carbons (Fsp3) is 1.00. The summed E-state index contributed by atoms with van der Waals surface area (Å²) >= 11 is 3.18. The number of aliphatic hydroxyl groups is 1. The van der Waals surface area contributed by atoms with E-state index < -0.39 is 0 Å². The third kappa shape index (κ3) is 4.25. The monoisotopic (exact) mass is 167 g/mol. The molecule has 1 atom stereocenters. The number of halogens is 1. The Bertz CT molecular complexity index is 42.7. The highest BCUT2D eigenvalue weighted by atomic mass is 79.9. The van der Waals surface area contributed by atoms with Crippen LogP contribution in [0.5, 0.6) is 0 Å². The lowest BCUT2D eigenvalue weighted by Crippen LogP contribution is -2.22. The number of hydrogen-bond acceptors (Lipinski definition) is 2. The zero-order valence-corrected chi connectivity index (χ0v) is 5.69. The Labute approximate surface area is 51.8 Å². The second kappa shape index (κ2) is 4.56. The SMILES string of the molecule is NC(CBr)CCO. The van der Waals surface area contributed by atoms with Crippen molar-refractivity contribution in [2.45, 2.75) is 12.5 Å². The molecule has 0 fully saturated rings. The van der Waals surface area contributed by atoms with Gasteiger partial charge in [0, 0.05) is 18.0 Å². The molecule has 2 nitrogen and oxygen atoms in total. The quantitative estimate of drug-likeness (QED) is 0.586. The summed E-state index contributed by atoms with van der Waals surface area (Å²) in [4.78, 5) is 0. The first-order valence-electron chi connectivity index (χ1n) is 2.23. The molecule has 0 heterocycles. The summed E-state index contributed by atoms with van der Waals surface area (Å²) in [5, 5.41) is 9.04. The topological polar surface area (TPSA) is 46.2 Å². The summed E-state index contributed by atoms with van der Waals surface area (Å²) in [5.41, 5.74) is 5.38. The maximum atomic E-state index is 8.27. The van der Waals surface area contributed by atoms with Crippen LogP contribution >= 0.6 is 15.9 Å². The van der Waals surface area contributed by atoms with Crippen molar-refractivity contribution in [1.29, 1.82) is 0 Å². The van der Waals surface area contributed by atoms with Crippen molar-refractivity contribution >= 4 is 15.9 Å². The van der Waals surface area contributed by atoms with E-state index in [4.69, 9.17) is 10.8 Å². The lowest BCUT2D eigenvalue weighted by molar-refractivity contribution is 0.280. The second-order valence-electron chi connectivity index (χ2n) is 1.43. The van der Waals surface area contributed by atoms with Crippen LogP contribution in [0.1, 0.15) is 6.42 Å². The zero-order valence-electron chi connectivity index (χ0n) is 4.10. The van der Waals surface area contributed by atoms with Gasteiger partial charge in [0.05, 0.1) is 0 Å². The van der Waals surface area contributed by atoms with Crippen LogP contribution in [0.2, 0.25) is 0 Å². The minimum atomic E-state index is 0.116. The minimum Gasteiger partial charge on any atom is -0.396 e. The molecule has 0 amide bonds. The average molecular weight is 168 g/mol. The first kappa shape index (κ1) is 7.40. The van der Waals surface area contributed by atoms with Crippen molar-refractivity contribution in [2.24, 2.45) is 5.73 Å². The molecule has 0 radical (unpaired) electrons. The van der Waals surface area contributed by atoms with E-state index in [0.717, 1.165) is 5.33 Å². The Morgan fingerprint density at radius 2 is 2.29 bits per heavy atom. The Morgan fingerprint density at radius 1 is 1.71 bits per heavy atom. The molecule has 1 unspecified atom stereocenters. The van der Waals surface area contributed by atoms with Crippen molar-refractivity contribution in [3.63, 3.8) is 0 Å². The van der Waals surface area contributed by atoms with E-state index in [-0.39, 0.29) is 12.6 Å². The maximum absolute atomic E-state index is 8.27. The lowest BCUT2D eigenvalue weighted by atomic mass is 10.3. The van der Waals surface area contributed by atoms with E-state index in [2.05, 4.69) is 15.9 Å². The normalized spacial score (nSPS) is 14.1. The maximum Gasteiger partial charge on any atom is 0.0446 e. The molecule has 44 valence electrons. The Balaban J connectivity index is 2.83. The first-order valence-corrected chi connectivity index (χ1v) is 3.35. The summed E-state index contributed by atoms with van der Waals surface area (Å²) in [5.74, 6) is 0. The van der Waals surface area contributed by atoms with Crippen LogP contribution in [0.15, 0.2) is 0 Å². The molecular formula is C4H10BrNO. The molecule has 3 N–H and O–H groups in total. The van der Waals surface area contributed by atoms with Crippen molar-refractivity contribution in [3.8, 4) is 0 Å². The smallest absolute Gasteiger partial charge is 0.0446 e. The molecule has 0 saturated heterocycles. The molecule has 0 bridgehead atoms. The van der Waals surface area contributed by atoms with E-state index in [1.165, 1.54) is 0 Å². The molecule has 0 aliphatic rings. The summed E-state index contributed by atoms with van der Waals surface area (Å²) in [7, 11) is 0. The minimum absolute atomic E-state index is 0.116. The van der Waals surface area contributed by atoms with Gasteiger partial charge in [0.25, 0.3) is 0 Å². The molecule has 0 spiro atoms. The lowest BCUT2D eigenvalue weighted by Gasteiger charge is -2.01. The number of nitrogens with two attached hydrogens (primary N) is 1. The van der Waals surface area contributed by atoms with Gasteiger partial charge in [0.2, 0.25) is 0 Å². The van der Waals surface area contributed by atoms with Gasteiger partial charge < -0.3 is 10.8 Å². The van der Waals surface area contributed by atoms with Crippen molar-refractivity contribution in [3.05, 3.63) is 0 Å². The second-order valence-corrected chi connectivity index (χ2v) is 2.07. The van der Waals surface area contributed by atoms with Crippen LogP contribution in [0, 0.1) is 0 Å². The summed E-state index contributed by atoms with van der Waals surface area (Å²) < 4.78 is 0. The predicted molar refractivity (Wildman–Crippen MR) is 33.5 cm³/mol. The highest BCUT2D eigenvalue weighted by molar-refractivity contribution is 9.09. The van der Waals surface area contributed by atoms with Gasteiger partial charge in [-0.3, -0.25) is 0 Å². The van der Waals surface area contributed by atoms with Crippen LogP contribution in [0.4, 0.5) is 0 Å². The molecule has 0 aromatic rings. The van der Waals surface area contributed by atoms with E-state index in [1.807, 2.05) is 0 Å². The molecule has 7 heavy (non-hydrogen) atoms. The molecule has 0 aromatic carbocycles. The van der Waals surface area contributed by atoms with E-state index in [9.17, 15) is 0 Å². The summed E-state index contributed by atoms with van der Waals surface area (Å²) in [6, 6.07) is 0.116. The zero-order chi connectivity index (χ0) is 5.70. The standard InChI is InChI=1S/C4H10BrNO/c5-3-4(6)1-2-7/h4,7H,1-3,6H2. The van der Waals surface area contributed by atoms with Crippen molar-refractivity contribution in [1.82, 2.24) is 0 Å². The van der Waals surface area contributed by atoms with Crippen LogP contribution in [-0.4, -0.2) is 23.1 Å². The van der Waals surface area contributed by atoms with Crippen LogP contribution in [-0.2, 0) is 0 Å². The first-order chi connectivity index (χ1) is 3.31. The van der Waals surface area contributed by atoms with Gasteiger partial charge in [-0.15, -0.1) is 0 Å². The highest BCUT2D eigenvalue weighted by Gasteiger charge is 1.94. The number of alkyl halides is 1. The molecule has 0 rings (SSSR count). The molecule has 0 aliphatic carbocycles. The van der Waals surface area contributed by atoms with Gasteiger partial charge in [-0.1, -0.05) is 15.9 Å². The fourth-order valence-electron chi connectivity index (χ4n) is 0.243. The van der Waals surface area contributed by atoms with Gasteiger partial charge in [-0.2, -0.15) is 0 Å². The van der Waals surface area contributed by atoms with Crippen LogP contribution in [0.3, 0.4) is 0 Å².